The standard InChI is InChI=1S/C10H13N3O3/c1-6(5-9(14)15)12-10(16)8-3-4-11-7(2)13-8/h3-4,6H,5H2,1-2H3,(H,12,16)(H,14,15). The minimum Gasteiger partial charge on any atom is -0.481 e. The summed E-state index contributed by atoms with van der Waals surface area (Å²) in [6.45, 7) is 3.30. The number of nitrogens with one attached hydrogen (secondary N) is 1. The highest BCUT2D eigenvalue weighted by Gasteiger charge is 2.13. The molecule has 1 rings (SSSR count). The van der Waals surface area contributed by atoms with Crippen LogP contribution in [0, 0.1) is 6.92 Å². The Kier molecular flexibility index (Phi) is 3.93. The van der Waals surface area contributed by atoms with Crippen LogP contribution in [-0.4, -0.2) is 33.0 Å². The van der Waals surface area contributed by atoms with Crippen LogP contribution >= 0.6 is 0 Å². The molecule has 6 nitrogen and oxygen atoms in total. The Bertz CT molecular complexity index is 406. The average Bonchev–Trinajstić information content (AvgIpc) is 2.16. The number of carbonyl (C=O) groups excluding carboxylic acids is 1. The van der Waals surface area contributed by atoms with Gasteiger partial charge in [0.15, 0.2) is 0 Å². The summed E-state index contributed by atoms with van der Waals surface area (Å²) in [5.74, 6) is -0.843. The molecule has 86 valence electrons. The molecule has 0 aliphatic rings. The number of carboxylic acid groups (broad SMARTS) is 1. The van der Waals surface area contributed by atoms with Gasteiger partial charge in [0.1, 0.15) is 11.5 Å². The topological polar surface area (TPSA) is 92.2 Å². The van der Waals surface area contributed by atoms with Crippen molar-refractivity contribution in [2.24, 2.45) is 0 Å². The van der Waals surface area contributed by atoms with Gasteiger partial charge in [0.2, 0.25) is 0 Å². The number of aryl methyl sites for hydroxylation is 1. The van der Waals surface area contributed by atoms with Gasteiger partial charge in [0.05, 0.1) is 6.42 Å². The van der Waals surface area contributed by atoms with Gasteiger partial charge in [0, 0.05) is 12.2 Å². The van der Waals surface area contributed by atoms with Crippen molar-refractivity contribution in [1.82, 2.24) is 15.3 Å². The first-order valence-electron chi connectivity index (χ1n) is 4.81. The zero-order chi connectivity index (χ0) is 12.1. The van der Waals surface area contributed by atoms with Crippen LogP contribution < -0.4 is 5.32 Å². The van der Waals surface area contributed by atoms with E-state index in [0.717, 1.165) is 0 Å². The lowest BCUT2D eigenvalue weighted by molar-refractivity contribution is -0.137. The van der Waals surface area contributed by atoms with Crippen molar-refractivity contribution in [3.8, 4) is 0 Å². The first kappa shape index (κ1) is 12.1. The fourth-order valence-corrected chi connectivity index (χ4v) is 1.19. The molecule has 1 aromatic heterocycles. The van der Waals surface area contributed by atoms with Gasteiger partial charge in [-0.3, -0.25) is 9.59 Å². The van der Waals surface area contributed by atoms with Crippen LogP contribution in [0.5, 0.6) is 0 Å². The van der Waals surface area contributed by atoms with E-state index in [1.165, 1.54) is 12.3 Å². The van der Waals surface area contributed by atoms with Gasteiger partial charge in [-0.25, -0.2) is 9.97 Å². The average molecular weight is 223 g/mol. The third kappa shape index (κ3) is 3.64. The molecule has 1 atom stereocenters. The highest BCUT2D eigenvalue weighted by atomic mass is 16.4. The molecule has 2 N–H and O–H groups in total. The molecule has 16 heavy (non-hydrogen) atoms. The highest BCUT2D eigenvalue weighted by molar-refractivity contribution is 5.92. The van der Waals surface area contributed by atoms with Gasteiger partial charge in [0.25, 0.3) is 5.91 Å². The molecule has 1 unspecified atom stereocenters. The lowest BCUT2D eigenvalue weighted by Crippen LogP contribution is -2.34. The summed E-state index contributed by atoms with van der Waals surface area (Å²) < 4.78 is 0. The van der Waals surface area contributed by atoms with Crippen molar-refractivity contribution in [1.29, 1.82) is 0 Å². The second kappa shape index (κ2) is 5.20. The van der Waals surface area contributed by atoms with Gasteiger partial charge in [-0.05, 0) is 19.9 Å². The van der Waals surface area contributed by atoms with E-state index in [-0.39, 0.29) is 18.0 Å². The van der Waals surface area contributed by atoms with Gasteiger partial charge in [-0.1, -0.05) is 0 Å². The van der Waals surface area contributed by atoms with Crippen molar-refractivity contribution in [2.45, 2.75) is 26.3 Å². The first-order valence-corrected chi connectivity index (χ1v) is 4.81. The summed E-state index contributed by atoms with van der Waals surface area (Å²) in [4.78, 5) is 29.8. The second-order valence-electron chi connectivity index (χ2n) is 3.46. The SMILES string of the molecule is Cc1nccc(C(=O)NC(C)CC(=O)O)n1. The molecule has 0 saturated carbocycles. The molecule has 0 fully saturated rings. The first-order chi connectivity index (χ1) is 7.49. The Hall–Kier alpha value is -1.98. The van der Waals surface area contributed by atoms with Crippen molar-refractivity contribution < 1.29 is 14.7 Å². The number of carboxylic acids is 1. The number of aliphatic carboxylic acids is 1. The molecule has 0 spiro atoms. The fraction of sp³-hybridized carbons (Fsp3) is 0.400. The zero-order valence-corrected chi connectivity index (χ0v) is 9.10. The zero-order valence-electron chi connectivity index (χ0n) is 9.10. The van der Waals surface area contributed by atoms with E-state index in [9.17, 15) is 9.59 Å². The number of hydrogen-bond donors (Lipinski definition) is 2. The van der Waals surface area contributed by atoms with Crippen LogP contribution in [-0.2, 0) is 4.79 Å². The molecule has 1 amide bonds. The minimum absolute atomic E-state index is 0.115. The van der Waals surface area contributed by atoms with Crippen molar-refractivity contribution in [3.05, 3.63) is 23.8 Å². The predicted octanol–water partition coefficient (Wildman–Crippen LogP) is 0.378. The van der Waals surface area contributed by atoms with Gasteiger partial charge in [-0.15, -0.1) is 0 Å². The van der Waals surface area contributed by atoms with E-state index in [0.29, 0.717) is 5.82 Å². The summed E-state index contributed by atoms with van der Waals surface area (Å²) in [6.07, 6.45) is 1.37. The summed E-state index contributed by atoms with van der Waals surface area (Å²) in [7, 11) is 0. The number of nitrogens with zero attached hydrogens (tertiary/aromatic N) is 2. The van der Waals surface area contributed by atoms with Crippen LogP contribution in [0.1, 0.15) is 29.7 Å². The van der Waals surface area contributed by atoms with Crippen molar-refractivity contribution >= 4 is 11.9 Å². The lowest BCUT2D eigenvalue weighted by atomic mass is 10.2. The summed E-state index contributed by atoms with van der Waals surface area (Å²) in [6, 6.07) is 1.05. The van der Waals surface area contributed by atoms with Crippen LogP contribution in [0.25, 0.3) is 0 Å². The van der Waals surface area contributed by atoms with Crippen LogP contribution in [0.3, 0.4) is 0 Å². The maximum atomic E-state index is 11.6. The summed E-state index contributed by atoms with van der Waals surface area (Å²) >= 11 is 0. The van der Waals surface area contributed by atoms with E-state index < -0.39 is 12.0 Å². The smallest absolute Gasteiger partial charge is 0.305 e. The molecule has 6 heteroatoms. The van der Waals surface area contributed by atoms with Crippen molar-refractivity contribution in [3.63, 3.8) is 0 Å². The van der Waals surface area contributed by atoms with Crippen LogP contribution in [0.4, 0.5) is 0 Å². The maximum absolute atomic E-state index is 11.6. The molecule has 1 aromatic rings. The van der Waals surface area contributed by atoms with E-state index >= 15 is 0 Å². The Morgan fingerprint density at radius 1 is 1.56 bits per heavy atom. The number of amides is 1. The Morgan fingerprint density at radius 3 is 2.81 bits per heavy atom. The molecule has 0 aromatic carbocycles. The van der Waals surface area contributed by atoms with E-state index in [1.54, 1.807) is 13.8 Å². The van der Waals surface area contributed by atoms with E-state index in [2.05, 4.69) is 15.3 Å². The lowest BCUT2D eigenvalue weighted by Gasteiger charge is -2.10. The molecule has 0 bridgehead atoms. The minimum atomic E-state index is -0.952. The van der Waals surface area contributed by atoms with Gasteiger partial charge < -0.3 is 10.4 Å². The largest absolute Gasteiger partial charge is 0.481 e. The molecule has 1 heterocycles. The molecule has 0 aliphatic heterocycles. The molecule has 0 saturated heterocycles. The van der Waals surface area contributed by atoms with Gasteiger partial charge in [-0.2, -0.15) is 0 Å². The molecular weight excluding hydrogens is 210 g/mol. The third-order valence-corrected chi connectivity index (χ3v) is 1.87. The fourth-order valence-electron chi connectivity index (χ4n) is 1.19. The highest BCUT2D eigenvalue weighted by Crippen LogP contribution is 1.97. The quantitative estimate of drug-likeness (QED) is 0.769. The van der Waals surface area contributed by atoms with E-state index in [1.807, 2.05) is 0 Å². The Morgan fingerprint density at radius 2 is 2.25 bits per heavy atom. The number of aromatic nitrogens is 2. The third-order valence-electron chi connectivity index (χ3n) is 1.87. The van der Waals surface area contributed by atoms with Crippen molar-refractivity contribution in [2.75, 3.05) is 0 Å². The molecular formula is C10H13N3O3. The summed E-state index contributed by atoms with van der Waals surface area (Å²) in [5, 5.41) is 11.1. The predicted molar refractivity (Wildman–Crippen MR) is 56.0 cm³/mol. The number of hydrogen-bond acceptors (Lipinski definition) is 4. The number of carbonyl (C=O) groups is 2. The van der Waals surface area contributed by atoms with E-state index in [4.69, 9.17) is 5.11 Å². The van der Waals surface area contributed by atoms with Crippen LogP contribution in [0.15, 0.2) is 12.3 Å². The second-order valence-corrected chi connectivity index (χ2v) is 3.46. The Labute approximate surface area is 92.7 Å². The molecule has 0 aliphatic carbocycles. The molecule has 0 radical (unpaired) electrons. The normalized spacial score (nSPS) is 11.9. The van der Waals surface area contributed by atoms with Crippen LogP contribution in [0.2, 0.25) is 0 Å². The van der Waals surface area contributed by atoms with Gasteiger partial charge >= 0.3 is 5.97 Å². The summed E-state index contributed by atoms with van der Waals surface area (Å²) in [5.41, 5.74) is 0.240. The maximum Gasteiger partial charge on any atom is 0.305 e. The monoisotopic (exact) mass is 223 g/mol. The Balaban J connectivity index is 2.62. The number of rotatable bonds is 4.